The van der Waals surface area contributed by atoms with Gasteiger partial charge < -0.3 is 14.4 Å². The zero-order chi connectivity index (χ0) is 20.2. The van der Waals surface area contributed by atoms with Crippen LogP contribution in [0.5, 0.6) is 0 Å². The van der Waals surface area contributed by atoms with E-state index in [9.17, 15) is 9.59 Å². The standard InChI is InChI=1S/C20H19N5O3S/c1-2-25(12-16-21-14-7-4-3-6-13(14)20(27)22-16)18(26)10-9-17-23-19(24-28-17)15-8-5-11-29-15/h3-8,11H,2,9-10,12H2,1H3,(H,21,22,27). The number of aromatic amines is 1. The summed E-state index contributed by atoms with van der Waals surface area (Å²) in [4.78, 5) is 39.0. The summed E-state index contributed by atoms with van der Waals surface area (Å²) in [6.45, 7) is 2.62. The lowest BCUT2D eigenvalue weighted by Gasteiger charge is -2.20. The average Bonchev–Trinajstić information content (AvgIpc) is 3.42. The third-order valence-corrected chi connectivity index (χ3v) is 5.37. The molecule has 29 heavy (non-hydrogen) atoms. The summed E-state index contributed by atoms with van der Waals surface area (Å²) in [5.74, 6) is 1.35. The minimum atomic E-state index is -0.207. The maximum Gasteiger partial charge on any atom is 0.258 e. The van der Waals surface area contributed by atoms with Gasteiger partial charge in [0.05, 0.1) is 22.3 Å². The third kappa shape index (κ3) is 4.24. The van der Waals surface area contributed by atoms with Gasteiger partial charge >= 0.3 is 0 Å². The number of thiophene rings is 1. The number of aromatic nitrogens is 4. The second-order valence-electron chi connectivity index (χ2n) is 6.43. The maximum absolute atomic E-state index is 12.7. The monoisotopic (exact) mass is 409 g/mol. The maximum atomic E-state index is 12.7. The molecular formula is C20H19N5O3S. The molecule has 4 aromatic rings. The summed E-state index contributed by atoms with van der Waals surface area (Å²) in [5, 5.41) is 6.43. The normalized spacial score (nSPS) is 11.1. The van der Waals surface area contributed by atoms with E-state index < -0.39 is 0 Å². The minimum absolute atomic E-state index is 0.0702. The van der Waals surface area contributed by atoms with Gasteiger partial charge in [-0.05, 0) is 30.5 Å². The first kappa shape index (κ1) is 19.0. The highest BCUT2D eigenvalue weighted by Gasteiger charge is 2.17. The number of H-pyrrole nitrogens is 1. The molecule has 0 aliphatic rings. The molecule has 1 amide bonds. The van der Waals surface area contributed by atoms with Gasteiger partial charge in [-0.3, -0.25) is 9.59 Å². The van der Waals surface area contributed by atoms with E-state index in [-0.39, 0.29) is 24.4 Å². The Morgan fingerprint density at radius 1 is 1.21 bits per heavy atom. The molecule has 0 bridgehead atoms. The van der Waals surface area contributed by atoms with Crippen LogP contribution >= 0.6 is 11.3 Å². The molecule has 0 atom stereocenters. The smallest absolute Gasteiger partial charge is 0.258 e. The van der Waals surface area contributed by atoms with E-state index in [4.69, 9.17) is 4.52 Å². The fourth-order valence-electron chi connectivity index (χ4n) is 3.00. The predicted molar refractivity (Wildman–Crippen MR) is 109 cm³/mol. The Labute approximate surface area is 170 Å². The van der Waals surface area contributed by atoms with E-state index in [1.54, 1.807) is 23.1 Å². The lowest BCUT2D eigenvalue weighted by atomic mass is 10.2. The van der Waals surface area contributed by atoms with Crippen molar-refractivity contribution in [3.8, 4) is 10.7 Å². The number of rotatable bonds is 7. The van der Waals surface area contributed by atoms with E-state index in [1.165, 1.54) is 11.3 Å². The zero-order valence-electron chi connectivity index (χ0n) is 15.8. The number of nitrogens with zero attached hydrogens (tertiary/aromatic N) is 4. The molecule has 1 aromatic carbocycles. The Morgan fingerprint density at radius 2 is 2.07 bits per heavy atom. The van der Waals surface area contributed by atoms with Crippen LogP contribution in [0.15, 0.2) is 51.1 Å². The van der Waals surface area contributed by atoms with E-state index in [0.717, 1.165) is 4.88 Å². The topological polar surface area (TPSA) is 105 Å². The van der Waals surface area contributed by atoms with Gasteiger partial charge in [-0.15, -0.1) is 11.3 Å². The number of nitrogens with one attached hydrogen (secondary N) is 1. The van der Waals surface area contributed by atoms with Crippen molar-refractivity contribution in [1.82, 2.24) is 25.0 Å². The predicted octanol–water partition coefficient (Wildman–Crippen LogP) is 3.02. The molecule has 9 heteroatoms. The molecule has 0 aliphatic heterocycles. The molecule has 0 radical (unpaired) electrons. The van der Waals surface area contributed by atoms with Crippen molar-refractivity contribution in [1.29, 1.82) is 0 Å². The van der Waals surface area contributed by atoms with E-state index in [0.29, 0.717) is 41.4 Å². The molecule has 0 fully saturated rings. The van der Waals surface area contributed by atoms with Gasteiger partial charge in [-0.2, -0.15) is 4.98 Å². The van der Waals surface area contributed by atoms with Crippen molar-refractivity contribution in [2.24, 2.45) is 0 Å². The number of hydrogen-bond donors (Lipinski definition) is 1. The van der Waals surface area contributed by atoms with Gasteiger partial charge in [-0.1, -0.05) is 23.4 Å². The summed E-state index contributed by atoms with van der Waals surface area (Å²) in [7, 11) is 0. The number of hydrogen-bond acceptors (Lipinski definition) is 7. The van der Waals surface area contributed by atoms with Crippen LogP contribution in [0.2, 0.25) is 0 Å². The van der Waals surface area contributed by atoms with Crippen LogP contribution < -0.4 is 5.56 Å². The molecule has 148 valence electrons. The highest BCUT2D eigenvalue weighted by molar-refractivity contribution is 7.13. The first-order chi connectivity index (χ1) is 14.1. The van der Waals surface area contributed by atoms with Crippen LogP contribution in [0.3, 0.4) is 0 Å². The van der Waals surface area contributed by atoms with Crippen molar-refractivity contribution < 1.29 is 9.32 Å². The van der Waals surface area contributed by atoms with Gasteiger partial charge in [0.1, 0.15) is 5.82 Å². The van der Waals surface area contributed by atoms with Crippen LogP contribution in [-0.2, 0) is 17.8 Å². The first-order valence-electron chi connectivity index (χ1n) is 9.26. The highest BCUT2D eigenvalue weighted by atomic mass is 32.1. The third-order valence-electron chi connectivity index (χ3n) is 4.50. The molecule has 3 aromatic heterocycles. The number of aryl methyl sites for hydroxylation is 1. The number of carbonyl (C=O) groups is 1. The molecule has 0 saturated carbocycles. The number of carbonyl (C=O) groups excluding carboxylic acids is 1. The van der Waals surface area contributed by atoms with Gasteiger partial charge in [-0.25, -0.2) is 4.98 Å². The number of benzene rings is 1. The molecule has 0 saturated heterocycles. The SMILES string of the molecule is CCN(Cc1nc2ccccc2c(=O)[nH]1)C(=O)CCc1nc(-c2cccs2)no1. The number of amides is 1. The van der Waals surface area contributed by atoms with E-state index in [2.05, 4.69) is 20.1 Å². The van der Waals surface area contributed by atoms with Crippen molar-refractivity contribution in [3.63, 3.8) is 0 Å². The van der Waals surface area contributed by atoms with Gasteiger partial charge in [0.15, 0.2) is 0 Å². The fourth-order valence-corrected chi connectivity index (χ4v) is 3.65. The Bertz CT molecular complexity index is 1180. The van der Waals surface area contributed by atoms with Crippen molar-refractivity contribution in [3.05, 3.63) is 63.8 Å². The second kappa shape index (κ2) is 8.36. The van der Waals surface area contributed by atoms with Crippen LogP contribution in [-0.4, -0.2) is 37.5 Å². The van der Waals surface area contributed by atoms with Crippen LogP contribution in [0, 0.1) is 0 Å². The number of para-hydroxylation sites is 1. The molecule has 3 heterocycles. The molecule has 8 nitrogen and oxygen atoms in total. The highest BCUT2D eigenvalue weighted by Crippen LogP contribution is 2.21. The molecule has 4 rings (SSSR count). The van der Waals surface area contributed by atoms with Crippen molar-refractivity contribution >= 4 is 28.1 Å². The zero-order valence-corrected chi connectivity index (χ0v) is 16.6. The van der Waals surface area contributed by atoms with Gasteiger partial charge in [0.2, 0.25) is 17.6 Å². The quantitative estimate of drug-likeness (QED) is 0.503. The fraction of sp³-hybridized carbons (Fsp3) is 0.250. The molecule has 1 N–H and O–H groups in total. The Hall–Kier alpha value is -3.33. The Morgan fingerprint density at radius 3 is 2.86 bits per heavy atom. The first-order valence-corrected chi connectivity index (χ1v) is 10.1. The summed E-state index contributed by atoms with van der Waals surface area (Å²) in [6, 6.07) is 11.0. The molecule has 0 spiro atoms. The molecule has 0 unspecified atom stereocenters. The van der Waals surface area contributed by atoms with E-state index >= 15 is 0 Å². The van der Waals surface area contributed by atoms with E-state index in [1.807, 2.05) is 30.5 Å². The largest absolute Gasteiger partial charge is 0.339 e. The molecule has 0 aliphatic carbocycles. The lowest BCUT2D eigenvalue weighted by molar-refractivity contribution is -0.131. The summed E-state index contributed by atoms with van der Waals surface area (Å²) in [5.41, 5.74) is 0.405. The lowest BCUT2D eigenvalue weighted by Crippen LogP contribution is -2.32. The summed E-state index contributed by atoms with van der Waals surface area (Å²) < 4.78 is 5.25. The average molecular weight is 409 g/mol. The van der Waals surface area contributed by atoms with Crippen LogP contribution in [0.25, 0.3) is 21.6 Å². The van der Waals surface area contributed by atoms with Crippen molar-refractivity contribution in [2.75, 3.05) is 6.54 Å². The number of fused-ring (bicyclic) bond motifs is 1. The van der Waals surface area contributed by atoms with Crippen LogP contribution in [0.4, 0.5) is 0 Å². The molecular weight excluding hydrogens is 390 g/mol. The van der Waals surface area contributed by atoms with Gasteiger partial charge in [0.25, 0.3) is 5.56 Å². The van der Waals surface area contributed by atoms with Gasteiger partial charge in [0, 0.05) is 19.4 Å². The summed E-state index contributed by atoms with van der Waals surface area (Å²) in [6.07, 6.45) is 0.590. The Balaban J connectivity index is 1.41. The minimum Gasteiger partial charge on any atom is -0.339 e. The van der Waals surface area contributed by atoms with Crippen molar-refractivity contribution in [2.45, 2.75) is 26.3 Å². The van der Waals surface area contributed by atoms with Crippen LogP contribution in [0.1, 0.15) is 25.1 Å². The Kier molecular flexibility index (Phi) is 5.48. The second-order valence-corrected chi connectivity index (χ2v) is 7.37. The summed E-state index contributed by atoms with van der Waals surface area (Å²) >= 11 is 1.53.